The summed E-state index contributed by atoms with van der Waals surface area (Å²) < 4.78 is 7.00. The first kappa shape index (κ1) is 20.7. The van der Waals surface area contributed by atoms with Crippen LogP contribution in [-0.2, 0) is 6.54 Å². The van der Waals surface area contributed by atoms with Gasteiger partial charge in [-0.1, -0.05) is 34.1 Å². The molecule has 4 nitrogen and oxygen atoms in total. The second kappa shape index (κ2) is 9.95. The van der Waals surface area contributed by atoms with Crippen LogP contribution in [0.4, 0.5) is 0 Å². The number of rotatable bonds is 5. The number of likely N-dealkylation sites (tertiary alicyclic amines) is 1. The van der Waals surface area contributed by atoms with Gasteiger partial charge in [0.1, 0.15) is 11.9 Å². The summed E-state index contributed by atoms with van der Waals surface area (Å²) in [6, 6.07) is 15.4. The average molecular weight is 440 g/mol. The SMILES string of the molecule is CN1CCC(Oc2cccc(CNC(=O)c3cccc(Br)c3)c2)CC1.Cl. The minimum absolute atomic E-state index is 0. The van der Waals surface area contributed by atoms with Crippen LogP contribution < -0.4 is 10.1 Å². The summed E-state index contributed by atoms with van der Waals surface area (Å²) in [5.41, 5.74) is 1.68. The first-order valence-corrected chi connectivity index (χ1v) is 9.37. The second-order valence-corrected chi connectivity index (χ2v) is 7.38. The highest BCUT2D eigenvalue weighted by Gasteiger charge is 2.18. The second-order valence-electron chi connectivity index (χ2n) is 6.46. The number of amides is 1. The van der Waals surface area contributed by atoms with Gasteiger partial charge in [-0.3, -0.25) is 4.79 Å². The molecule has 1 fully saturated rings. The maximum atomic E-state index is 12.2. The van der Waals surface area contributed by atoms with Crippen molar-refractivity contribution in [2.24, 2.45) is 0 Å². The summed E-state index contributed by atoms with van der Waals surface area (Å²) in [5.74, 6) is 0.798. The minimum Gasteiger partial charge on any atom is -0.490 e. The number of hydrogen-bond donors (Lipinski definition) is 1. The van der Waals surface area contributed by atoms with E-state index in [4.69, 9.17) is 4.74 Å². The lowest BCUT2D eigenvalue weighted by Crippen LogP contribution is -2.35. The lowest BCUT2D eigenvalue weighted by molar-refractivity contribution is 0.0950. The van der Waals surface area contributed by atoms with Crippen LogP contribution in [0.5, 0.6) is 5.75 Å². The van der Waals surface area contributed by atoms with E-state index in [1.165, 1.54) is 0 Å². The van der Waals surface area contributed by atoms with Gasteiger partial charge in [0, 0.05) is 29.7 Å². The van der Waals surface area contributed by atoms with E-state index in [1.807, 2.05) is 42.5 Å². The van der Waals surface area contributed by atoms with Crippen molar-refractivity contribution in [1.82, 2.24) is 10.2 Å². The van der Waals surface area contributed by atoms with Gasteiger partial charge in [-0.2, -0.15) is 0 Å². The molecule has 0 atom stereocenters. The van der Waals surface area contributed by atoms with Crippen molar-refractivity contribution in [2.45, 2.75) is 25.5 Å². The van der Waals surface area contributed by atoms with Crippen LogP contribution in [0.2, 0.25) is 0 Å². The van der Waals surface area contributed by atoms with Crippen molar-refractivity contribution >= 4 is 34.2 Å². The Morgan fingerprint density at radius 2 is 1.92 bits per heavy atom. The van der Waals surface area contributed by atoms with Gasteiger partial charge in [-0.05, 0) is 55.8 Å². The number of ether oxygens (including phenoxy) is 1. The van der Waals surface area contributed by atoms with Crippen molar-refractivity contribution < 1.29 is 9.53 Å². The van der Waals surface area contributed by atoms with Gasteiger partial charge in [-0.25, -0.2) is 0 Å². The Kier molecular flexibility index (Phi) is 7.94. The van der Waals surface area contributed by atoms with Gasteiger partial charge in [0.15, 0.2) is 0 Å². The van der Waals surface area contributed by atoms with E-state index in [-0.39, 0.29) is 24.4 Å². The van der Waals surface area contributed by atoms with E-state index in [9.17, 15) is 4.79 Å². The molecule has 26 heavy (non-hydrogen) atoms. The standard InChI is InChI=1S/C20H23BrN2O2.ClH/c1-23-10-8-18(9-11-23)25-19-7-2-4-15(12-19)14-22-20(24)16-5-3-6-17(21)13-16;/h2-7,12-13,18H,8-11,14H2,1H3,(H,22,24);1H. The molecule has 0 unspecified atom stereocenters. The Hall–Kier alpha value is -1.56. The quantitative estimate of drug-likeness (QED) is 0.756. The molecule has 2 aromatic carbocycles. The lowest BCUT2D eigenvalue weighted by Gasteiger charge is -2.29. The Morgan fingerprint density at radius 3 is 2.65 bits per heavy atom. The van der Waals surface area contributed by atoms with Gasteiger partial charge in [-0.15, -0.1) is 12.4 Å². The molecule has 1 saturated heterocycles. The minimum atomic E-state index is -0.0806. The van der Waals surface area contributed by atoms with Gasteiger partial charge < -0.3 is 15.0 Å². The third-order valence-electron chi connectivity index (χ3n) is 4.41. The van der Waals surface area contributed by atoms with Crippen molar-refractivity contribution in [3.05, 3.63) is 64.1 Å². The van der Waals surface area contributed by atoms with E-state index < -0.39 is 0 Å². The number of nitrogens with one attached hydrogen (secondary N) is 1. The monoisotopic (exact) mass is 438 g/mol. The van der Waals surface area contributed by atoms with E-state index in [1.54, 1.807) is 6.07 Å². The van der Waals surface area contributed by atoms with E-state index in [0.29, 0.717) is 12.1 Å². The van der Waals surface area contributed by atoms with Gasteiger partial charge in [0.2, 0.25) is 0 Å². The number of benzene rings is 2. The number of piperidine rings is 1. The van der Waals surface area contributed by atoms with Crippen LogP contribution in [0, 0.1) is 0 Å². The zero-order valence-electron chi connectivity index (χ0n) is 14.8. The molecule has 1 amide bonds. The van der Waals surface area contributed by atoms with Crippen molar-refractivity contribution in [3.8, 4) is 5.75 Å². The zero-order valence-corrected chi connectivity index (χ0v) is 17.2. The third kappa shape index (κ3) is 6.01. The summed E-state index contributed by atoms with van der Waals surface area (Å²) >= 11 is 3.39. The molecule has 1 heterocycles. The first-order valence-electron chi connectivity index (χ1n) is 8.58. The third-order valence-corrected chi connectivity index (χ3v) is 4.90. The summed E-state index contributed by atoms with van der Waals surface area (Å²) in [7, 11) is 2.14. The molecular weight excluding hydrogens is 416 g/mol. The fraction of sp³-hybridized carbons (Fsp3) is 0.350. The zero-order chi connectivity index (χ0) is 17.6. The molecule has 0 spiro atoms. The Balaban J connectivity index is 0.00000243. The van der Waals surface area contributed by atoms with Crippen LogP contribution in [-0.4, -0.2) is 37.0 Å². The Labute approximate surface area is 169 Å². The van der Waals surface area contributed by atoms with Gasteiger partial charge in [0.05, 0.1) is 0 Å². The predicted octanol–water partition coefficient (Wildman–Crippen LogP) is 4.27. The van der Waals surface area contributed by atoms with E-state index in [2.05, 4.69) is 33.2 Å². The molecule has 140 valence electrons. The highest BCUT2D eigenvalue weighted by Crippen LogP contribution is 2.20. The van der Waals surface area contributed by atoms with Gasteiger partial charge >= 0.3 is 0 Å². The Morgan fingerprint density at radius 1 is 1.19 bits per heavy atom. The van der Waals surface area contributed by atoms with Gasteiger partial charge in [0.25, 0.3) is 5.91 Å². The number of nitrogens with zero attached hydrogens (tertiary/aromatic N) is 1. The molecule has 0 aliphatic carbocycles. The molecule has 0 aromatic heterocycles. The molecule has 1 N–H and O–H groups in total. The van der Waals surface area contributed by atoms with Crippen LogP contribution >= 0.6 is 28.3 Å². The predicted molar refractivity (Wildman–Crippen MR) is 110 cm³/mol. The lowest BCUT2D eigenvalue weighted by atomic mass is 10.1. The molecular formula is C20H24BrClN2O2. The maximum Gasteiger partial charge on any atom is 0.251 e. The molecule has 0 saturated carbocycles. The number of hydrogen-bond acceptors (Lipinski definition) is 3. The number of carbonyl (C=O) groups is 1. The molecule has 2 aromatic rings. The number of carbonyl (C=O) groups excluding carboxylic acids is 1. The smallest absolute Gasteiger partial charge is 0.251 e. The van der Waals surface area contributed by atoms with Crippen molar-refractivity contribution in [2.75, 3.05) is 20.1 Å². The number of halogens is 2. The van der Waals surface area contributed by atoms with Crippen LogP contribution in [0.1, 0.15) is 28.8 Å². The molecule has 3 rings (SSSR count). The molecule has 0 radical (unpaired) electrons. The first-order chi connectivity index (χ1) is 12.1. The summed E-state index contributed by atoms with van der Waals surface area (Å²) in [4.78, 5) is 14.6. The Bertz CT molecular complexity index is 733. The van der Waals surface area contributed by atoms with Crippen LogP contribution in [0.25, 0.3) is 0 Å². The fourth-order valence-corrected chi connectivity index (χ4v) is 3.34. The van der Waals surface area contributed by atoms with E-state index >= 15 is 0 Å². The summed E-state index contributed by atoms with van der Waals surface area (Å²) in [6.07, 6.45) is 2.39. The highest BCUT2D eigenvalue weighted by molar-refractivity contribution is 9.10. The summed E-state index contributed by atoms with van der Waals surface area (Å²) in [5, 5.41) is 2.96. The molecule has 6 heteroatoms. The molecule has 0 bridgehead atoms. The molecule has 1 aliphatic heterocycles. The topological polar surface area (TPSA) is 41.6 Å². The maximum absolute atomic E-state index is 12.2. The molecule has 1 aliphatic rings. The van der Waals surface area contributed by atoms with Crippen molar-refractivity contribution in [1.29, 1.82) is 0 Å². The van der Waals surface area contributed by atoms with Crippen molar-refractivity contribution in [3.63, 3.8) is 0 Å². The van der Waals surface area contributed by atoms with Crippen LogP contribution in [0.3, 0.4) is 0 Å². The highest BCUT2D eigenvalue weighted by atomic mass is 79.9. The summed E-state index contributed by atoms with van der Waals surface area (Å²) in [6.45, 7) is 2.63. The fourth-order valence-electron chi connectivity index (χ4n) is 2.94. The normalized spacial score (nSPS) is 15.2. The van der Waals surface area contributed by atoms with E-state index in [0.717, 1.165) is 41.7 Å². The average Bonchev–Trinajstić information content (AvgIpc) is 2.62. The van der Waals surface area contributed by atoms with Crippen LogP contribution in [0.15, 0.2) is 53.0 Å². The largest absolute Gasteiger partial charge is 0.490 e.